The number of aromatic nitrogens is 1. The Hall–Kier alpha value is -2.35. The predicted octanol–water partition coefficient (Wildman–Crippen LogP) is 3.44. The number of pyridine rings is 1. The summed E-state index contributed by atoms with van der Waals surface area (Å²) in [4.78, 5) is 9.25. The maximum absolute atomic E-state index is 12.8. The van der Waals surface area contributed by atoms with Crippen LogP contribution < -0.4 is 9.62 Å². The van der Waals surface area contributed by atoms with Crippen LogP contribution in [0.4, 0.5) is 11.6 Å². The molecule has 1 saturated heterocycles. The molecule has 0 amide bonds. The lowest BCUT2D eigenvalue weighted by Gasteiger charge is -2.34. The summed E-state index contributed by atoms with van der Waals surface area (Å²) in [5, 5.41) is 2.32. The van der Waals surface area contributed by atoms with Crippen molar-refractivity contribution in [1.29, 1.82) is 0 Å². The molecule has 0 atom stereocenters. The van der Waals surface area contributed by atoms with Crippen LogP contribution in [-0.2, 0) is 10.0 Å². The SMILES string of the molecule is CN1CCN(c2nc(NS(=O)(=O)c3cccc(Cl)c3)cc3ccccc23)CC1. The Morgan fingerprint density at radius 3 is 2.50 bits per heavy atom. The predicted molar refractivity (Wildman–Crippen MR) is 114 cm³/mol. The van der Waals surface area contributed by atoms with Gasteiger partial charge in [0.25, 0.3) is 10.0 Å². The third kappa shape index (κ3) is 3.92. The quantitative estimate of drug-likeness (QED) is 0.705. The minimum absolute atomic E-state index is 0.108. The van der Waals surface area contributed by atoms with Crippen LogP contribution in [0.15, 0.2) is 59.5 Å². The van der Waals surface area contributed by atoms with E-state index in [1.54, 1.807) is 18.2 Å². The largest absolute Gasteiger partial charge is 0.353 e. The third-order valence-electron chi connectivity index (χ3n) is 4.87. The summed E-state index contributed by atoms with van der Waals surface area (Å²) < 4.78 is 28.2. The number of hydrogen-bond acceptors (Lipinski definition) is 5. The van der Waals surface area contributed by atoms with Gasteiger partial charge in [0, 0.05) is 36.6 Å². The van der Waals surface area contributed by atoms with E-state index < -0.39 is 10.0 Å². The van der Waals surface area contributed by atoms with Gasteiger partial charge in [0.1, 0.15) is 11.6 Å². The number of nitrogens with zero attached hydrogens (tertiary/aromatic N) is 3. The molecule has 28 heavy (non-hydrogen) atoms. The standard InChI is InChI=1S/C20H21ClN4O2S/c1-24-9-11-25(12-10-24)20-18-8-3-2-5-15(18)13-19(22-20)23-28(26,27)17-7-4-6-16(21)14-17/h2-8,13-14H,9-12H2,1H3,(H,22,23). The summed E-state index contributed by atoms with van der Waals surface area (Å²) in [6, 6.07) is 15.8. The molecule has 1 fully saturated rings. The van der Waals surface area contributed by atoms with Crippen molar-refractivity contribution in [2.45, 2.75) is 4.90 Å². The first kappa shape index (κ1) is 19.0. The zero-order valence-corrected chi connectivity index (χ0v) is 17.0. The average Bonchev–Trinajstić information content (AvgIpc) is 2.68. The Kier molecular flexibility index (Phi) is 5.14. The highest BCUT2D eigenvalue weighted by molar-refractivity contribution is 7.92. The Morgan fingerprint density at radius 2 is 1.75 bits per heavy atom. The molecule has 1 aromatic heterocycles. The fraction of sp³-hybridized carbons (Fsp3) is 0.250. The zero-order chi connectivity index (χ0) is 19.7. The molecule has 0 unspecified atom stereocenters. The van der Waals surface area contributed by atoms with Crippen LogP contribution in [0.5, 0.6) is 0 Å². The number of likely N-dealkylation sites (N-methyl/N-ethyl adjacent to an activating group) is 1. The van der Waals surface area contributed by atoms with E-state index in [-0.39, 0.29) is 4.90 Å². The van der Waals surface area contributed by atoms with Crippen LogP contribution >= 0.6 is 11.6 Å². The summed E-state index contributed by atoms with van der Waals surface area (Å²) in [6.07, 6.45) is 0. The molecule has 2 aromatic carbocycles. The van der Waals surface area contributed by atoms with Gasteiger partial charge in [-0.2, -0.15) is 0 Å². The first-order valence-electron chi connectivity index (χ1n) is 9.04. The summed E-state index contributed by atoms with van der Waals surface area (Å²) in [7, 11) is -1.69. The number of anilines is 2. The van der Waals surface area contributed by atoms with Crippen LogP contribution in [0.3, 0.4) is 0 Å². The van der Waals surface area contributed by atoms with Crippen LogP contribution in [0, 0.1) is 0 Å². The summed E-state index contributed by atoms with van der Waals surface area (Å²) in [6.45, 7) is 3.57. The average molecular weight is 417 g/mol. The zero-order valence-electron chi connectivity index (χ0n) is 15.5. The van der Waals surface area contributed by atoms with Crippen molar-refractivity contribution in [3.63, 3.8) is 0 Å². The minimum atomic E-state index is -3.78. The molecule has 0 aliphatic carbocycles. The Morgan fingerprint density at radius 1 is 1.00 bits per heavy atom. The first-order valence-corrected chi connectivity index (χ1v) is 10.9. The molecule has 0 spiro atoms. The van der Waals surface area contributed by atoms with Crippen molar-refractivity contribution in [2.24, 2.45) is 0 Å². The number of hydrogen-bond donors (Lipinski definition) is 1. The first-order chi connectivity index (χ1) is 13.4. The molecule has 1 aliphatic rings. The van der Waals surface area contributed by atoms with Gasteiger partial charge in [0.05, 0.1) is 4.90 Å². The Bertz CT molecular complexity index is 1110. The lowest BCUT2D eigenvalue weighted by Crippen LogP contribution is -2.45. The van der Waals surface area contributed by atoms with Gasteiger partial charge >= 0.3 is 0 Å². The normalized spacial score (nSPS) is 15.7. The molecular formula is C20H21ClN4O2S. The Balaban J connectivity index is 1.73. The van der Waals surface area contributed by atoms with Crippen molar-refractivity contribution < 1.29 is 8.42 Å². The molecule has 146 valence electrons. The molecule has 1 aliphatic heterocycles. The summed E-state index contributed by atoms with van der Waals surface area (Å²) in [5.41, 5.74) is 0. The van der Waals surface area contributed by atoms with E-state index in [0.717, 1.165) is 42.8 Å². The van der Waals surface area contributed by atoms with E-state index in [2.05, 4.69) is 26.6 Å². The third-order valence-corrected chi connectivity index (χ3v) is 6.46. The van der Waals surface area contributed by atoms with Crippen molar-refractivity contribution in [3.8, 4) is 0 Å². The number of fused-ring (bicyclic) bond motifs is 1. The second kappa shape index (κ2) is 7.58. The highest BCUT2D eigenvalue weighted by Crippen LogP contribution is 2.29. The molecule has 0 radical (unpaired) electrons. The number of nitrogens with one attached hydrogen (secondary N) is 1. The van der Waals surface area contributed by atoms with E-state index in [4.69, 9.17) is 11.6 Å². The maximum atomic E-state index is 12.8. The van der Waals surface area contributed by atoms with Gasteiger partial charge in [-0.1, -0.05) is 41.9 Å². The van der Waals surface area contributed by atoms with Gasteiger partial charge < -0.3 is 9.80 Å². The Labute approximate surface area is 169 Å². The minimum Gasteiger partial charge on any atom is -0.353 e. The van der Waals surface area contributed by atoms with Gasteiger partial charge in [-0.15, -0.1) is 0 Å². The molecule has 0 bridgehead atoms. The van der Waals surface area contributed by atoms with Crippen molar-refractivity contribution in [2.75, 3.05) is 42.8 Å². The summed E-state index contributed by atoms with van der Waals surface area (Å²) >= 11 is 5.95. The van der Waals surface area contributed by atoms with Gasteiger partial charge in [-0.05, 0) is 36.7 Å². The van der Waals surface area contributed by atoms with Crippen LogP contribution in [0.25, 0.3) is 10.8 Å². The van der Waals surface area contributed by atoms with E-state index in [1.807, 2.05) is 24.3 Å². The molecule has 4 rings (SSSR count). The second-order valence-electron chi connectivity index (χ2n) is 6.91. The van der Waals surface area contributed by atoms with E-state index in [1.165, 1.54) is 12.1 Å². The van der Waals surface area contributed by atoms with Crippen molar-refractivity contribution in [3.05, 3.63) is 59.6 Å². The topological polar surface area (TPSA) is 65.5 Å². The van der Waals surface area contributed by atoms with E-state index in [0.29, 0.717) is 10.8 Å². The number of rotatable bonds is 4. The van der Waals surface area contributed by atoms with Crippen molar-refractivity contribution >= 4 is 44.0 Å². The van der Waals surface area contributed by atoms with Crippen LogP contribution in [0.1, 0.15) is 0 Å². The molecule has 8 heteroatoms. The molecule has 0 saturated carbocycles. The number of sulfonamides is 1. The molecule has 6 nitrogen and oxygen atoms in total. The monoisotopic (exact) mass is 416 g/mol. The molecular weight excluding hydrogens is 396 g/mol. The smallest absolute Gasteiger partial charge is 0.263 e. The van der Waals surface area contributed by atoms with Crippen molar-refractivity contribution in [1.82, 2.24) is 9.88 Å². The van der Waals surface area contributed by atoms with Gasteiger partial charge in [0.2, 0.25) is 0 Å². The molecule has 1 N–H and O–H groups in total. The second-order valence-corrected chi connectivity index (χ2v) is 9.02. The molecule has 2 heterocycles. The lowest BCUT2D eigenvalue weighted by atomic mass is 10.1. The van der Waals surface area contributed by atoms with Crippen LogP contribution in [0.2, 0.25) is 5.02 Å². The maximum Gasteiger partial charge on any atom is 0.263 e. The summed E-state index contributed by atoms with van der Waals surface area (Å²) in [5.74, 6) is 1.10. The fourth-order valence-corrected chi connectivity index (χ4v) is 4.62. The van der Waals surface area contributed by atoms with Gasteiger partial charge in [-0.25, -0.2) is 13.4 Å². The lowest BCUT2D eigenvalue weighted by molar-refractivity contribution is 0.312. The van der Waals surface area contributed by atoms with E-state index >= 15 is 0 Å². The number of piperazine rings is 1. The molecule has 3 aromatic rings. The van der Waals surface area contributed by atoms with E-state index in [9.17, 15) is 8.42 Å². The highest BCUT2D eigenvalue weighted by atomic mass is 35.5. The number of benzene rings is 2. The van der Waals surface area contributed by atoms with Gasteiger partial charge in [-0.3, -0.25) is 4.72 Å². The van der Waals surface area contributed by atoms with Crippen LogP contribution in [-0.4, -0.2) is 51.5 Å². The highest BCUT2D eigenvalue weighted by Gasteiger charge is 2.21. The van der Waals surface area contributed by atoms with Gasteiger partial charge in [0.15, 0.2) is 0 Å². The number of halogens is 1. The fourth-order valence-electron chi connectivity index (χ4n) is 3.32.